The number of halogens is 3. The lowest BCUT2D eigenvalue weighted by Gasteiger charge is -2.13. The molecule has 0 aliphatic heterocycles. The molecule has 166 valence electrons. The van der Waals surface area contributed by atoms with Crippen molar-refractivity contribution in [3.63, 3.8) is 0 Å². The lowest BCUT2D eigenvalue weighted by atomic mass is 10.2. The van der Waals surface area contributed by atoms with Crippen LogP contribution in [0.15, 0.2) is 77.3 Å². The Balaban J connectivity index is 1.64. The molecule has 0 saturated heterocycles. The summed E-state index contributed by atoms with van der Waals surface area (Å²) in [5, 5.41) is 6.64. The average Bonchev–Trinajstić information content (AvgIpc) is 3.12. The number of para-hydroxylation sites is 1. The number of anilines is 2. The Morgan fingerprint density at radius 2 is 1.61 bits per heavy atom. The number of carbonyl (C=O) groups excluding carboxylic acids is 3. The molecule has 3 N–H and O–H groups in total. The Labute approximate surface area is 206 Å². The van der Waals surface area contributed by atoms with E-state index in [9.17, 15) is 14.4 Å². The molecule has 0 aliphatic rings. The number of nitrogens with zero attached hydrogens (tertiary/aromatic N) is 1. The van der Waals surface area contributed by atoms with Gasteiger partial charge in [-0.15, -0.1) is 0 Å². The Morgan fingerprint density at radius 3 is 2.36 bits per heavy atom. The molecule has 10 heteroatoms. The minimum absolute atomic E-state index is 0.104. The first-order valence-electron chi connectivity index (χ1n) is 9.56. The summed E-state index contributed by atoms with van der Waals surface area (Å²) in [4.78, 5) is 38.2. The standard InChI is InChI=1S/C23H15BrCl2N4O3/c24-14-8-9-19-13(10-14)11-20(21(31)28-18-7-2-1-6-17(18)26)30(19)29-23(33)22(32)27-16-5-3-4-15(25)12-16/h1-12H,(H,27,32)(H,28,31)(H,29,33). The van der Waals surface area contributed by atoms with Gasteiger partial charge in [0.2, 0.25) is 0 Å². The molecule has 4 aromatic rings. The summed E-state index contributed by atoms with van der Waals surface area (Å²) in [5.74, 6) is -2.41. The number of nitrogens with one attached hydrogen (secondary N) is 3. The fourth-order valence-electron chi connectivity index (χ4n) is 3.13. The summed E-state index contributed by atoms with van der Waals surface area (Å²) in [6.45, 7) is 0. The second-order valence-electron chi connectivity index (χ2n) is 6.91. The third kappa shape index (κ3) is 5.19. The van der Waals surface area contributed by atoms with Gasteiger partial charge in [-0.3, -0.25) is 19.8 Å². The number of amides is 3. The number of hydrogen-bond acceptors (Lipinski definition) is 3. The molecular formula is C23H15BrCl2N4O3. The van der Waals surface area contributed by atoms with Crippen molar-refractivity contribution in [3.8, 4) is 0 Å². The van der Waals surface area contributed by atoms with Gasteiger partial charge in [0.05, 0.1) is 16.2 Å². The third-order valence-corrected chi connectivity index (χ3v) is 5.68. The molecule has 0 radical (unpaired) electrons. The van der Waals surface area contributed by atoms with E-state index in [2.05, 4.69) is 32.0 Å². The molecule has 1 heterocycles. The smallest absolute Gasteiger partial charge is 0.319 e. The van der Waals surface area contributed by atoms with E-state index < -0.39 is 17.7 Å². The normalized spacial score (nSPS) is 10.6. The van der Waals surface area contributed by atoms with E-state index in [1.54, 1.807) is 66.7 Å². The second kappa shape index (κ2) is 9.66. The number of rotatable bonds is 4. The monoisotopic (exact) mass is 544 g/mol. The van der Waals surface area contributed by atoms with Crippen LogP contribution in [0.25, 0.3) is 10.9 Å². The van der Waals surface area contributed by atoms with Crippen LogP contribution in [0.2, 0.25) is 10.0 Å². The zero-order valence-electron chi connectivity index (χ0n) is 16.7. The maximum Gasteiger partial charge on any atom is 0.328 e. The molecule has 0 bridgehead atoms. The number of carbonyl (C=O) groups is 3. The highest BCUT2D eigenvalue weighted by Gasteiger charge is 2.21. The average molecular weight is 546 g/mol. The number of aromatic nitrogens is 1. The molecule has 0 spiro atoms. The van der Waals surface area contributed by atoms with Crippen LogP contribution in [0.3, 0.4) is 0 Å². The van der Waals surface area contributed by atoms with Crippen LogP contribution in [-0.4, -0.2) is 22.4 Å². The van der Waals surface area contributed by atoms with Gasteiger partial charge in [0.1, 0.15) is 5.69 Å². The van der Waals surface area contributed by atoms with Crippen molar-refractivity contribution in [2.45, 2.75) is 0 Å². The lowest BCUT2D eigenvalue weighted by Crippen LogP contribution is -2.36. The van der Waals surface area contributed by atoms with Crippen molar-refractivity contribution in [1.29, 1.82) is 0 Å². The zero-order chi connectivity index (χ0) is 23.5. The van der Waals surface area contributed by atoms with Gasteiger partial charge in [-0.25, -0.2) is 4.68 Å². The van der Waals surface area contributed by atoms with Gasteiger partial charge in [0, 0.05) is 20.6 Å². The largest absolute Gasteiger partial charge is 0.328 e. The minimum Gasteiger partial charge on any atom is -0.319 e. The van der Waals surface area contributed by atoms with E-state index in [0.717, 1.165) is 4.47 Å². The molecule has 0 unspecified atom stereocenters. The highest BCUT2D eigenvalue weighted by atomic mass is 79.9. The molecule has 33 heavy (non-hydrogen) atoms. The van der Waals surface area contributed by atoms with Crippen molar-refractivity contribution in [2.24, 2.45) is 0 Å². The number of fused-ring (bicyclic) bond motifs is 1. The first kappa shape index (κ1) is 22.8. The number of hydrogen-bond donors (Lipinski definition) is 3. The van der Waals surface area contributed by atoms with Crippen molar-refractivity contribution in [2.75, 3.05) is 16.1 Å². The predicted molar refractivity (Wildman–Crippen MR) is 133 cm³/mol. The van der Waals surface area contributed by atoms with Crippen LogP contribution in [0, 0.1) is 0 Å². The first-order chi connectivity index (χ1) is 15.8. The summed E-state index contributed by atoms with van der Waals surface area (Å²) >= 11 is 15.5. The highest BCUT2D eigenvalue weighted by molar-refractivity contribution is 9.10. The van der Waals surface area contributed by atoms with Crippen LogP contribution < -0.4 is 16.1 Å². The van der Waals surface area contributed by atoms with Crippen LogP contribution in [-0.2, 0) is 9.59 Å². The minimum atomic E-state index is -0.970. The van der Waals surface area contributed by atoms with Gasteiger partial charge in [0.15, 0.2) is 0 Å². The SMILES string of the molecule is O=C(Nc1cccc(Cl)c1)C(=O)Nn1c(C(=O)Nc2ccccc2Cl)cc2cc(Br)ccc21. The summed E-state index contributed by atoms with van der Waals surface area (Å²) in [7, 11) is 0. The van der Waals surface area contributed by atoms with Gasteiger partial charge in [-0.2, -0.15) is 0 Å². The molecule has 0 fully saturated rings. The van der Waals surface area contributed by atoms with Crippen molar-refractivity contribution < 1.29 is 14.4 Å². The fraction of sp³-hybridized carbons (Fsp3) is 0. The second-order valence-corrected chi connectivity index (χ2v) is 8.67. The van der Waals surface area contributed by atoms with Crippen molar-refractivity contribution >= 4 is 79.1 Å². The molecule has 3 aromatic carbocycles. The van der Waals surface area contributed by atoms with Crippen molar-refractivity contribution in [3.05, 3.63) is 93.0 Å². The van der Waals surface area contributed by atoms with E-state index >= 15 is 0 Å². The topological polar surface area (TPSA) is 92.2 Å². The predicted octanol–water partition coefficient (Wildman–Crippen LogP) is 5.67. The maximum atomic E-state index is 13.1. The molecule has 7 nitrogen and oxygen atoms in total. The van der Waals surface area contributed by atoms with Crippen LogP contribution in [0.4, 0.5) is 11.4 Å². The van der Waals surface area contributed by atoms with Crippen molar-refractivity contribution in [1.82, 2.24) is 4.68 Å². The van der Waals surface area contributed by atoms with Crippen LogP contribution in [0.1, 0.15) is 10.5 Å². The fourth-order valence-corrected chi connectivity index (χ4v) is 3.88. The molecule has 0 aliphatic carbocycles. The first-order valence-corrected chi connectivity index (χ1v) is 11.1. The maximum absolute atomic E-state index is 13.1. The molecule has 4 rings (SSSR count). The Kier molecular flexibility index (Phi) is 6.69. The highest BCUT2D eigenvalue weighted by Crippen LogP contribution is 2.25. The molecule has 1 aromatic heterocycles. The Morgan fingerprint density at radius 1 is 0.818 bits per heavy atom. The van der Waals surface area contributed by atoms with E-state index in [1.165, 1.54) is 10.7 Å². The molecule has 0 saturated carbocycles. The van der Waals surface area contributed by atoms with E-state index in [-0.39, 0.29) is 5.69 Å². The summed E-state index contributed by atoms with van der Waals surface area (Å²) in [6.07, 6.45) is 0. The van der Waals surface area contributed by atoms with Gasteiger partial charge < -0.3 is 10.6 Å². The van der Waals surface area contributed by atoms with Crippen LogP contribution >= 0.6 is 39.1 Å². The zero-order valence-corrected chi connectivity index (χ0v) is 19.8. The quantitative estimate of drug-likeness (QED) is 0.288. The van der Waals surface area contributed by atoms with Crippen LogP contribution in [0.5, 0.6) is 0 Å². The van der Waals surface area contributed by atoms with E-state index in [0.29, 0.717) is 32.3 Å². The van der Waals surface area contributed by atoms with Gasteiger partial charge in [-0.05, 0) is 54.6 Å². The Hall–Kier alpha value is -3.33. The summed E-state index contributed by atoms with van der Waals surface area (Å²) < 4.78 is 2.05. The molecule has 0 atom stereocenters. The summed E-state index contributed by atoms with van der Waals surface area (Å²) in [6, 6.07) is 20.0. The molecular weight excluding hydrogens is 531 g/mol. The lowest BCUT2D eigenvalue weighted by molar-refractivity contribution is -0.133. The third-order valence-electron chi connectivity index (χ3n) is 4.62. The summed E-state index contributed by atoms with van der Waals surface area (Å²) in [5.41, 5.74) is 3.89. The number of benzene rings is 3. The van der Waals surface area contributed by atoms with E-state index in [4.69, 9.17) is 23.2 Å². The van der Waals surface area contributed by atoms with Gasteiger partial charge in [-0.1, -0.05) is 57.3 Å². The van der Waals surface area contributed by atoms with E-state index in [1.807, 2.05) is 0 Å². The van der Waals surface area contributed by atoms with Gasteiger partial charge in [0.25, 0.3) is 5.91 Å². The van der Waals surface area contributed by atoms with Gasteiger partial charge >= 0.3 is 11.8 Å². The molecule has 3 amide bonds. The Bertz CT molecular complexity index is 1400.